The predicted octanol–water partition coefficient (Wildman–Crippen LogP) is 4.99. The Balaban J connectivity index is 1.39. The molecule has 10 nitrogen and oxygen atoms in total. The van der Waals surface area contributed by atoms with Crippen LogP contribution in [-0.4, -0.2) is 39.6 Å². The summed E-state index contributed by atoms with van der Waals surface area (Å²) in [5, 5.41) is 2.75. The Hall–Kier alpha value is -5.32. The maximum absolute atomic E-state index is 13.4. The van der Waals surface area contributed by atoms with E-state index in [1.54, 1.807) is 62.5 Å². The molecule has 4 aromatic heterocycles. The van der Waals surface area contributed by atoms with Gasteiger partial charge in [-0.15, -0.1) is 0 Å². The van der Waals surface area contributed by atoms with Gasteiger partial charge in [0.15, 0.2) is 11.5 Å². The molecule has 0 aliphatic rings. The summed E-state index contributed by atoms with van der Waals surface area (Å²) in [6.07, 6.45) is 2.61. The lowest BCUT2D eigenvalue weighted by Gasteiger charge is -2.14. The van der Waals surface area contributed by atoms with Crippen molar-refractivity contribution in [3.05, 3.63) is 100.0 Å². The average Bonchev–Trinajstić information content (AvgIpc) is 2.94. The highest BCUT2D eigenvalue weighted by Crippen LogP contribution is 2.34. The van der Waals surface area contributed by atoms with Crippen LogP contribution in [0.5, 0.6) is 23.1 Å². The lowest BCUT2D eigenvalue weighted by molar-refractivity contribution is 0.102. The van der Waals surface area contributed by atoms with E-state index >= 15 is 0 Å². The Morgan fingerprint density at radius 1 is 0.950 bits per heavy atom. The lowest BCUT2D eigenvalue weighted by atomic mass is 10.1. The summed E-state index contributed by atoms with van der Waals surface area (Å²) in [4.78, 5) is 39.2. The SMILES string of the molecule is COc1cc2nccc(Oc3ccc(NC(=O)c4c(C)cc(C)n(-c5ccc(F)cn5)c4=O)cc3)c2nc1OC. The van der Waals surface area contributed by atoms with Crippen LogP contribution in [0.2, 0.25) is 0 Å². The predicted molar refractivity (Wildman–Crippen MR) is 146 cm³/mol. The molecule has 0 bridgehead atoms. The molecule has 5 aromatic rings. The van der Waals surface area contributed by atoms with Gasteiger partial charge < -0.3 is 19.5 Å². The van der Waals surface area contributed by atoms with Gasteiger partial charge in [-0.2, -0.15) is 0 Å². The number of benzene rings is 1. The number of rotatable bonds is 7. The molecule has 1 N–H and O–H groups in total. The Labute approximate surface area is 228 Å². The number of nitrogens with one attached hydrogen (secondary N) is 1. The van der Waals surface area contributed by atoms with Crippen LogP contribution >= 0.6 is 0 Å². The second kappa shape index (κ2) is 10.8. The summed E-state index contributed by atoms with van der Waals surface area (Å²) in [6.45, 7) is 3.40. The number of ether oxygens (including phenoxy) is 3. The molecule has 5 rings (SSSR count). The third kappa shape index (κ3) is 5.04. The van der Waals surface area contributed by atoms with Crippen LogP contribution in [0.25, 0.3) is 16.9 Å². The highest BCUT2D eigenvalue weighted by Gasteiger charge is 2.19. The number of hydrogen-bond donors (Lipinski definition) is 1. The molecule has 0 aliphatic heterocycles. The van der Waals surface area contributed by atoms with Gasteiger partial charge in [-0.05, 0) is 61.9 Å². The number of carbonyl (C=O) groups excluding carboxylic acids is 1. The van der Waals surface area contributed by atoms with E-state index in [0.717, 1.165) is 6.20 Å². The van der Waals surface area contributed by atoms with Crippen LogP contribution in [0.15, 0.2) is 71.8 Å². The molecule has 202 valence electrons. The van der Waals surface area contributed by atoms with Crippen molar-refractivity contribution < 1.29 is 23.4 Å². The first-order chi connectivity index (χ1) is 19.3. The molecular weight excluding hydrogens is 517 g/mol. The smallest absolute Gasteiger partial charge is 0.269 e. The van der Waals surface area contributed by atoms with Gasteiger partial charge >= 0.3 is 0 Å². The molecule has 0 saturated carbocycles. The van der Waals surface area contributed by atoms with Gasteiger partial charge in [0.2, 0.25) is 0 Å². The van der Waals surface area contributed by atoms with E-state index < -0.39 is 17.3 Å². The van der Waals surface area contributed by atoms with Crippen molar-refractivity contribution >= 4 is 22.6 Å². The average molecular weight is 542 g/mol. The highest BCUT2D eigenvalue weighted by atomic mass is 19.1. The maximum Gasteiger partial charge on any atom is 0.269 e. The summed E-state index contributed by atoms with van der Waals surface area (Å²) in [6, 6.07) is 14.3. The Bertz CT molecular complexity index is 1790. The van der Waals surface area contributed by atoms with Crippen LogP contribution in [0.4, 0.5) is 10.1 Å². The van der Waals surface area contributed by atoms with Gasteiger partial charge in [-0.3, -0.25) is 19.1 Å². The van der Waals surface area contributed by atoms with Crippen molar-refractivity contribution in [3.8, 4) is 28.9 Å². The molecule has 11 heteroatoms. The number of halogens is 1. The summed E-state index contributed by atoms with van der Waals surface area (Å²) >= 11 is 0. The lowest BCUT2D eigenvalue weighted by Crippen LogP contribution is -2.31. The first-order valence-corrected chi connectivity index (χ1v) is 12.1. The van der Waals surface area contributed by atoms with E-state index in [1.807, 2.05) is 0 Å². The minimum absolute atomic E-state index is 0.0456. The fraction of sp³-hybridized carbons (Fsp3) is 0.138. The quantitative estimate of drug-likeness (QED) is 0.306. The summed E-state index contributed by atoms with van der Waals surface area (Å²) in [5.41, 5.74) is 1.96. The van der Waals surface area contributed by atoms with Gasteiger partial charge in [0, 0.05) is 29.7 Å². The van der Waals surface area contributed by atoms with Crippen molar-refractivity contribution in [2.24, 2.45) is 0 Å². The first kappa shape index (κ1) is 26.3. The van der Waals surface area contributed by atoms with E-state index in [4.69, 9.17) is 14.2 Å². The molecule has 0 fully saturated rings. The van der Waals surface area contributed by atoms with Gasteiger partial charge in [0.05, 0.1) is 25.9 Å². The van der Waals surface area contributed by atoms with Crippen molar-refractivity contribution in [1.29, 1.82) is 0 Å². The molecule has 0 saturated heterocycles. The van der Waals surface area contributed by atoms with Gasteiger partial charge in [-0.1, -0.05) is 0 Å². The Morgan fingerprint density at radius 3 is 2.40 bits per heavy atom. The highest BCUT2D eigenvalue weighted by molar-refractivity contribution is 6.05. The minimum atomic E-state index is -0.586. The Morgan fingerprint density at radius 2 is 1.73 bits per heavy atom. The van der Waals surface area contributed by atoms with E-state index in [-0.39, 0.29) is 11.4 Å². The zero-order valence-corrected chi connectivity index (χ0v) is 22.1. The normalized spacial score (nSPS) is 10.8. The second-order valence-corrected chi connectivity index (χ2v) is 8.78. The molecule has 0 atom stereocenters. The number of carbonyl (C=O) groups is 1. The number of aromatic nitrogens is 4. The molecule has 4 heterocycles. The first-order valence-electron chi connectivity index (χ1n) is 12.1. The number of hydrogen-bond acceptors (Lipinski definition) is 8. The van der Waals surface area contributed by atoms with Crippen LogP contribution in [-0.2, 0) is 0 Å². The molecule has 0 aliphatic carbocycles. The largest absolute Gasteiger partial charge is 0.491 e. The molecule has 1 amide bonds. The van der Waals surface area contributed by atoms with Crippen LogP contribution < -0.4 is 25.1 Å². The Kier molecular flexibility index (Phi) is 7.11. The zero-order chi connectivity index (χ0) is 28.4. The van der Waals surface area contributed by atoms with E-state index in [2.05, 4.69) is 20.3 Å². The fourth-order valence-electron chi connectivity index (χ4n) is 4.27. The second-order valence-electron chi connectivity index (χ2n) is 8.78. The van der Waals surface area contributed by atoms with Gasteiger partial charge in [0.25, 0.3) is 17.3 Å². The standard InChI is InChI=1S/C29H24FN5O5/c1-16-13-17(2)35(24-10-5-18(30)15-32-24)29(37)25(16)27(36)33-19-6-8-20(9-7-19)40-22-11-12-31-21-14-23(38-3)28(39-4)34-26(21)22/h5-15H,1-4H3,(H,33,36). The van der Waals surface area contributed by atoms with Gasteiger partial charge in [-0.25, -0.2) is 14.4 Å². The van der Waals surface area contributed by atoms with E-state index in [1.165, 1.54) is 30.9 Å². The minimum Gasteiger partial charge on any atom is -0.491 e. The number of nitrogens with zero attached hydrogens (tertiary/aromatic N) is 4. The molecule has 1 aromatic carbocycles. The number of fused-ring (bicyclic) bond motifs is 1. The number of methoxy groups -OCH3 is 2. The number of pyridine rings is 4. The van der Waals surface area contributed by atoms with Crippen molar-refractivity contribution in [2.45, 2.75) is 13.8 Å². The van der Waals surface area contributed by atoms with E-state index in [0.29, 0.717) is 51.1 Å². The monoisotopic (exact) mass is 541 g/mol. The third-order valence-electron chi connectivity index (χ3n) is 6.12. The van der Waals surface area contributed by atoms with Gasteiger partial charge in [0.1, 0.15) is 28.5 Å². The molecule has 40 heavy (non-hydrogen) atoms. The number of amides is 1. The molecule has 0 spiro atoms. The molecule has 0 radical (unpaired) electrons. The van der Waals surface area contributed by atoms with Crippen LogP contribution in [0.3, 0.4) is 0 Å². The fourth-order valence-corrected chi connectivity index (χ4v) is 4.27. The van der Waals surface area contributed by atoms with E-state index in [9.17, 15) is 14.0 Å². The van der Waals surface area contributed by atoms with Crippen LogP contribution in [0, 0.1) is 19.7 Å². The summed E-state index contributed by atoms with van der Waals surface area (Å²) in [7, 11) is 3.01. The van der Waals surface area contributed by atoms with Crippen LogP contribution in [0.1, 0.15) is 21.6 Å². The van der Waals surface area contributed by atoms with Crippen molar-refractivity contribution in [2.75, 3.05) is 19.5 Å². The number of anilines is 1. The van der Waals surface area contributed by atoms with Crippen molar-refractivity contribution in [1.82, 2.24) is 19.5 Å². The zero-order valence-electron chi connectivity index (χ0n) is 22.1. The molecular formula is C29H24FN5O5. The number of aryl methyl sites for hydroxylation is 2. The third-order valence-corrected chi connectivity index (χ3v) is 6.12. The maximum atomic E-state index is 13.4. The summed E-state index contributed by atoms with van der Waals surface area (Å²) < 4.78 is 31.3. The topological polar surface area (TPSA) is 117 Å². The van der Waals surface area contributed by atoms with Crippen molar-refractivity contribution in [3.63, 3.8) is 0 Å². The molecule has 0 unspecified atom stereocenters. The summed E-state index contributed by atoms with van der Waals surface area (Å²) in [5.74, 6) is 0.786.